The summed E-state index contributed by atoms with van der Waals surface area (Å²) in [5.41, 5.74) is 8.59. The van der Waals surface area contributed by atoms with Crippen LogP contribution in [0.2, 0.25) is 0 Å². The number of carbonyl (C=O) groups is 1. The summed E-state index contributed by atoms with van der Waals surface area (Å²) in [6.45, 7) is -2.11. The molecule has 4 heterocycles. The number of carbonyl (C=O) groups excluding carboxylic acids is 1. The number of ether oxygens (including phenoxy) is 1. The van der Waals surface area contributed by atoms with Gasteiger partial charge in [-0.25, -0.2) is 18.4 Å². The Balaban J connectivity index is 1.48. The number of nitrogens with two attached hydrogens (primary N) is 1. The van der Waals surface area contributed by atoms with Crippen LogP contribution in [0.4, 0.5) is 14.6 Å². The fourth-order valence-electron chi connectivity index (χ4n) is 5.66. The topological polar surface area (TPSA) is 129 Å². The summed E-state index contributed by atoms with van der Waals surface area (Å²) in [6, 6.07) is 6.85. The number of halogens is 2. The van der Waals surface area contributed by atoms with Crippen molar-refractivity contribution >= 4 is 43.8 Å². The Morgan fingerprint density at radius 3 is 2.64 bits per heavy atom. The van der Waals surface area contributed by atoms with Gasteiger partial charge in [0.1, 0.15) is 22.7 Å². The molecule has 0 radical (unpaired) electrons. The van der Waals surface area contributed by atoms with Crippen molar-refractivity contribution in [3.8, 4) is 17.3 Å². The molecule has 4 aromatic rings. The summed E-state index contributed by atoms with van der Waals surface area (Å²) >= 11 is 0. The number of aryl methyl sites for hydroxylation is 1. The van der Waals surface area contributed by atoms with Gasteiger partial charge in [-0.05, 0) is 61.9 Å². The minimum absolute atomic E-state index is 0.0107. The molecule has 1 saturated carbocycles. The van der Waals surface area contributed by atoms with Gasteiger partial charge in [-0.1, -0.05) is 0 Å². The van der Waals surface area contributed by atoms with E-state index in [0.29, 0.717) is 76.7 Å². The monoisotopic (exact) mass is 602 g/mol. The van der Waals surface area contributed by atoms with Gasteiger partial charge in [0.2, 0.25) is 10.0 Å². The summed E-state index contributed by atoms with van der Waals surface area (Å²) < 4.78 is 69.6. The van der Waals surface area contributed by atoms with E-state index in [4.69, 9.17) is 16.8 Å². The standard InChI is InChI=1S/C28H33F2N7O4S/c1-34-24-20(11-18(13-22(24)41-2)27(38)35-10-4-5-19(31)15-35)32-26(34)21-12-17-8-9-23(37(28(29)30)42(3,39)40)33-25(17)36(21)14-16-6-7-16/h8-9,11-13,16,19,28H,4-7,10,14-15,31H2,1-3H3/t19-/m1/s1/i19D. The smallest absolute Gasteiger partial charge is 0.329 e. The lowest BCUT2D eigenvalue weighted by atomic mass is 10.0. The number of anilines is 1. The van der Waals surface area contributed by atoms with E-state index in [9.17, 15) is 22.0 Å². The number of piperidine rings is 1. The predicted octanol–water partition coefficient (Wildman–Crippen LogP) is 3.56. The van der Waals surface area contributed by atoms with Crippen LogP contribution in [-0.4, -0.2) is 77.3 Å². The molecule has 3 aromatic heterocycles. The quantitative estimate of drug-likeness (QED) is 0.306. The van der Waals surface area contributed by atoms with Crippen molar-refractivity contribution in [2.24, 2.45) is 18.7 Å². The van der Waals surface area contributed by atoms with Crippen LogP contribution in [0, 0.1) is 5.92 Å². The van der Waals surface area contributed by atoms with E-state index < -0.39 is 22.6 Å². The Labute approximate surface area is 243 Å². The molecule has 2 N–H and O–H groups in total. The summed E-state index contributed by atoms with van der Waals surface area (Å²) in [5, 5.41) is 0.641. The predicted molar refractivity (Wildman–Crippen MR) is 155 cm³/mol. The maximum atomic E-state index is 13.8. The van der Waals surface area contributed by atoms with Crippen molar-refractivity contribution in [1.82, 2.24) is 24.0 Å². The van der Waals surface area contributed by atoms with Crippen LogP contribution in [0.3, 0.4) is 0 Å². The van der Waals surface area contributed by atoms with Gasteiger partial charge in [-0.2, -0.15) is 13.1 Å². The van der Waals surface area contributed by atoms with Crippen molar-refractivity contribution in [3.05, 3.63) is 35.9 Å². The highest BCUT2D eigenvalue weighted by Gasteiger charge is 2.31. The fraction of sp³-hybridized carbons (Fsp3) is 0.464. The number of likely N-dealkylation sites (tertiary alicyclic amines) is 1. The molecule has 6 rings (SSSR count). The number of hydrogen-bond acceptors (Lipinski definition) is 7. The first kappa shape index (κ1) is 27.1. The highest BCUT2D eigenvalue weighted by Crippen LogP contribution is 2.38. The van der Waals surface area contributed by atoms with Crippen LogP contribution in [-0.2, 0) is 23.6 Å². The van der Waals surface area contributed by atoms with E-state index in [-0.39, 0.29) is 22.6 Å². The van der Waals surface area contributed by atoms with Gasteiger partial charge >= 0.3 is 6.55 Å². The van der Waals surface area contributed by atoms with Crippen LogP contribution < -0.4 is 14.8 Å². The number of nitrogens with zero attached hydrogens (tertiary/aromatic N) is 6. The molecule has 2 fully saturated rings. The van der Waals surface area contributed by atoms with E-state index in [2.05, 4.69) is 4.98 Å². The number of alkyl halides is 2. The third-order valence-corrected chi connectivity index (χ3v) is 8.93. The molecule has 42 heavy (non-hydrogen) atoms. The average molecular weight is 603 g/mol. The van der Waals surface area contributed by atoms with Gasteiger partial charge in [-0.15, -0.1) is 0 Å². The Hall–Kier alpha value is -3.78. The summed E-state index contributed by atoms with van der Waals surface area (Å²) in [5.74, 6) is 0.717. The van der Waals surface area contributed by atoms with Crippen LogP contribution in [0.1, 0.15) is 37.4 Å². The molecule has 224 valence electrons. The Morgan fingerprint density at radius 1 is 1.24 bits per heavy atom. The number of aromatic nitrogens is 4. The highest BCUT2D eigenvalue weighted by molar-refractivity contribution is 7.92. The van der Waals surface area contributed by atoms with E-state index in [0.717, 1.165) is 19.1 Å². The number of imidazole rings is 1. The molecule has 1 atom stereocenters. The zero-order chi connectivity index (χ0) is 30.8. The van der Waals surface area contributed by atoms with Gasteiger partial charge in [0.15, 0.2) is 5.82 Å². The van der Waals surface area contributed by atoms with Crippen LogP contribution in [0.15, 0.2) is 30.3 Å². The lowest BCUT2D eigenvalue weighted by molar-refractivity contribution is 0.0708. The van der Waals surface area contributed by atoms with E-state index in [1.54, 1.807) is 23.1 Å². The van der Waals surface area contributed by atoms with Crippen LogP contribution in [0.25, 0.3) is 33.6 Å². The van der Waals surface area contributed by atoms with Gasteiger partial charge < -0.3 is 24.5 Å². The number of rotatable bonds is 8. The summed E-state index contributed by atoms with van der Waals surface area (Å²) in [6.07, 6.45) is 3.88. The number of sulfonamides is 1. The molecule has 1 saturated heterocycles. The number of fused-ring (bicyclic) bond motifs is 2. The second kappa shape index (κ2) is 10.5. The van der Waals surface area contributed by atoms with Crippen LogP contribution >= 0.6 is 0 Å². The Kier molecular flexibility index (Phi) is 6.76. The molecule has 2 aliphatic rings. The van der Waals surface area contributed by atoms with Crippen molar-refractivity contribution in [1.29, 1.82) is 0 Å². The number of hydrogen-bond donors (Lipinski definition) is 1. The molecule has 0 bridgehead atoms. The highest BCUT2D eigenvalue weighted by atomic mass is 32.2. The third kappa shape index (κ3) is 5.06. The second-order valence-corrected chi connectivity index (χ2v) is 12.9. The summed E-state index contributed by atoms with van der Waals surface area (Å²) in [4.78, 5) is 24.3. The SMILES string of the molecule is [2H][C@@]1(N)CCCN(C(=O)c2cc(OC)c3c(c2)nc(-c2cc4ccc(N(C(F)F)S(C)(=O)=O)nc4n2CC2CC2)n3C)C1. The first-order chi connectivity index (χ1) is 20.3. The normalized spacial score (nSPS) is 20.0. The van der Waals surface area contributed by atoms with Gasteiger partial charge in [0.05, 0.1) is 24.6 Å². The first-order valence-corrected chi connectivity index (χ1v) is 15.5. The lowest BCUT2D eigenvalue weighted by Crippen LogP contribution is -2.45. The number of benzene rings is 1. The summed E-state index contributed by atoms with van der Waals surface area (Å²) in [7, 11) is -0.947. The maximum Gasteiger partial charge on any atom is 0.329 e. The lowest BCUT2D eigenvalue weighted by Gasteiger charge is -2.30. The molecular weight excluding hydrogens is 568 g/mol. The van der Waals surface area contributed by atoms with Gasteiger partial charge in [0, 0.05) is 45.0 Å². The molecule has 14 heteroatoms. The van der Waals surface area contributed by atoms with Gasteiger partial charge in [-0.3, -0.25) is 4.79 Å². The van der Waals surface area contributed by atoms with Crippen molar-refractivity contribution in [3.63, 3.8) is 0 Å². The molecule has 0 unspecified atom stereocenters. The van der Waals surface area contributed by atoms with Crippen LogP contribution in [0.5, 0.6) is 5.75 Å². The molecular formula is C28H33F2N7O4S. The molecule has 1 aromatic carbocycles. The number of pyridine rings is 1. The number of methoxy groups -OCH3 is 1. The Bertz CT molecular complexity index is 1850. The average Bonchev–Trinajstić information content (AvgIpc) is 3.60. The van der Waals surface area contributed by atoms with Crippen molar-refractivity contribution < 1.29 is 28.1 Å². The zero-order valence-corrected chi connectivity index (χ0v) is 24.4. The maximum absolute atomic E-state index is 13.8. The van der Waals surface area contributed by atoms with E-state index >= 15 is 0 Å². The van der Waals surface area contributed by atoms with E-state index in [1.165, 1.54) is 13.2 Å². The molecule has 1 aliphatic heterocycles. The second-order valence-electron chi connectivity index (χ2n) is 11.0. The third-order valence-electron chi connectivity index (χ3n) is 7.86. The molecule has 0 spiro atoms. The molecule has 1 aliphatic carbocycles. The zero-order valence-electron chi connectivity index (χ0n) is 24.5. The molecule has 11 nitrogen and oxygen atoms in total. The minimum atomic E-state index is -4.28. The Morgan fingerprint density at radius 2 is 2.00 bits per heavy atom. The van der Waals surface area contributed by atoms with Crippen molar-refractivity contribution in [2.45, 2.75) is 44.8 Å². The number of amides is 1. The van der Waals surface area contributed by atoms with E-state index in [1.807, 2.05) is 22.2 Å². The van der Waals surface area contributed by atoms with Gasteiger partial charge in [0.25, 0.3) is 5.91 Å². The molecule has 1 amide bonds. The largest absolute Gasteiger partial charge is 0.494 e. The van der Waals surface area contributed by atoms with Crippen molar-refractivity contribution in [2.75, 3.05) is 30.8 Å². The fourth-order valence-corrected chi connectivity index (χ4v) is 6.39. The first-order valence-electron chi connectivity index (χ1n) is 14.2. The minimum Gasteiger partial charge on any atom is -0.494 e.